The number of aryl methyl sites for hydroxylation is 2. The van der Waals surface area contributed by atoms with E-state index < -0.39 is 0 Å². The molecule has 0 aromatic carbocycles. The third-order valence-electron chi connectivity index (χ3n) is 5.70. The van der Waals surface area contributed by atoms with E-state index in [1.54, 1.807) is 0 Å². The lowest BCUT2D eigenvalue weighted by molar-refractivity contribution is 0.218. The van der Waals surface area contributed by atoms with E-state index in [9.17, 15) is 0 Å². The molecule has 6 heteroatoms. The molecule has 0 amide bonds. The van der Waals surface area contributed by atoms with Gasteiger partial charge in [0, 0.05) is 44.4 Å². The topological polar surface area (TPSA) is 58.3 Å². The Hall–Kier alpha value is -1.95. The van der Waals surface area contributed by atoms with Crippen LogP contribution in [-0.4, -0.2) is 46.2 Å². The van der Waals surface area contributed by atoms with E-state index in [1.807, 2.05) is 20.0 Å². The second kappa shape index (κ2) is 7.74. The predicted octanol–water partition coefficient (Wildman–Crippen LogP) is 3.45. The van der Waals surface area contributed by atoms with Crippen LogP contribution in [0.4, 0.5) is 5.82 Å². The highest BCUT2D eigenvalue weighted by Crippen LogP contribution is 2.32. The van der Waals surface area contributed by atoms with Gasteiger partial charge in [0.2, 0.25) is 0 Å². The second-order valence-electron chi connectivity index (χ2n) is 7.74. The van der Waals surface area contributed by atoms with E-state index in [1.165, 1.54) is 37.8 Å². The van der Waals surface area contributed by atoms with E-state index in [4.69, 9.17) is 4.52 Å². The standard InChI is InChI=1S/C20H29N5O/c1-15-13-21-16(2)20(22-15)25-10-8-24(9-11-25)14-18-12-19(23-26-18)17-6-4-3-5-7-17/h12-13,17H,3-11,14H2,1-2H3. The number of rotatable bonds is 4. The number of aromatic nitrogens is 3. The molecule has 0 atom stereocenters. The Morgan fingerprint density at radius 2 is 1.85 bits per heavy atom. The first-order valence-corrected chi connectivity index (χ1v) is 9.92. The zero-order valence-corrected chi connectivity index (χ0v) is 15.9. The van der Waals surface area contributed by atoms with Crippen LogP contribution in [-0.2, 0) is 6.54 Å². The second-order valence-corrected chi connectivity index (χ2v) is 7.74. The van der Waals surface area contributed by atoms with Gasteiger partial charge in [-0.15, -0.1) is 0 Å². The highest BCUT2D eigenvalue weighted by atomic mass is 16.5. The van der Waals surface area contributed by atoms with E-state index in [-0.39, 0.29) is 0 Å². The Kier molecular flexibility index (Phi) is 5.20. The summed E-state index contributed by atoms with van der Waals surface area (Å²) in [4.78, 5) is 13.9. The van der Waals surface area contributed by atoms with E-state index >= 15 is 0 Å². The van der Waals surface area contributed by atoms with Crippen LogP contribution in [0.15, 0.2) is 16.8 Å². The van der Waals surface area contributed by atoms with Crippen LogP contribution in [0.2, 0.25) is 0 Å². The summed E-state index contributed by atoms with van der Waals surface area (Å²) in [5.74, 6) is 2.65. The summed E-state index contributed by atoms with van der Waals surface area (Å²) in [6, 6.07) is 2.19. The third kappa shape index (κ3) is 3.90. The quantitative estimate of drug-likeness (QED) is 0.837. The monoisotopic (exact) mass is 355 g/mol. The minimum absolute atomic E-state index is 0.612. The molecule has 2 aromatic heterocycles. The van der Waals surface area contributed by atoms with Crippen LogP contribution in [0.3, 0.4) is 0 Å². The van der Waals surface area contributed by atoms with Gasteiger partial charge in [-0.2, -0.15) is 0 Å². The van der Waals surface area contributed by atoms with Gasteiger partial charge in [-0.1, -0.05) is 24.4 Å². The van der Waals surface area contributed by atoms with Gasteiger partial charge in [-0.3, -0.25) is 9.88 Å². The normalized spacial score (nSPS) is 19.8. The molecule has 2 aromatic rings. The largest absolute Gasteiger partial charge is 0.360 e. The molecule has 0 N–H and O–H groups in total. The van der Waals surface area contributed by atoms with Crippen molar-refractivity contribution < 1.29 is 4.52 Å². The van der Waals surface area contributed by atoms with E-state index in [2.05, 4.69) is 31.0 Å². The van der Waals surface area contributed by atoms with Crippen molar-refractivity contribution in [2.45, 2.75) is 58.4 Å². The third-order valence-corrected chi connectivity index (χ3v) is 5.70. The van der Waals surface area contributed by atoms with Crippen molar-refractivity contribution in [1.82, 2.24) is 20.0 Å². The minimum Gasteiger partial charge on any atom is -0.360 e. The molecular formula is C20H29N5O. The fourth-order valence-electron chi connectivity index (χ4n) is 4.16. The first-order chi connectivity index (χ1) is 12.7. The molecule has 4 rings (SSSR count). The van der Waals surface area contributed by atoms with Gasteiger partial charge in [0.05, 0.1) is 23.6 Å². The fourth-order valence-corrected chi connectivity index (χ4v) is 4.16. The number of piperazine rings is 1. The van der Waals surface area contributed by atoms with E-state index in [0.29, 0.717) is 5.92 Å². The first kappa shape index (κ1) is 17.5. The summed E-state index contributed by atoms with van der Waals surface area (Å²) in [7, 11) is 0. The summed E-state index contributed by atoms with van der Waals surface area (Å²) in [5.41, 5.74) is 3.16. The summed E-state index contributed by atoms with van der Waals surface area (Å²) < 4.78 is 5.64. The number of hydrogen-bond donors (Lipinski definition) is 0. The van der Waals surface area contributed by atoms with Crippen LogP contribution < -0.4 is 4.90 Å². The van der Waals surface area contributed by atoms with Crippen LogP contribution in [0.25, 0.3) is 0 Å². The van der Waals surface area contributed by atoms with Crippen molar-refractivity contribution in [2.24, 2.45) is 0 Å². The van der Waals surface area contributed by atoms with Crippen molar-refractivity contribution >= 4 is 5.82 Å². The number of hydrogen-bond acceptors (Lipinski definition) is 6. The molecule has 0 radical (unpaired) electrons. The molecule has 1 aliphatic heterocycles. The van der Waals surface area contributed by atoms with Gasteiger partial charge in [0.25, 0.3) is 0 Å². The fraction of sp³-hybridized carbons (Fsp3) is 0.650. The average Bonchev–Trinajstić information content (AvgIpc) is 3.14. The minimum atomic E-state index is 0.612. The molecule has 6 nitrogen and oxygen atoms in total. The number of anilines is 1. The van der Waals surface area contributed by atoms with Crippen molar-refractivity contribution in [3.05, 3.63) is 35.1 Å². The zero-order valence-electron chi connectivity index (χ0n) is 15.9. The molecule has 0 spiro atoms. The molecule has 140 valence electrons. The molecule has 0 unspecified atom stereocenters. The predicted molar refractivity (Wildman–Crippen MR) is 101 cm³/mol. The van der Waals surface area contributed by atoms with Crippen molar-refractivity contribution in [3.8, 4) is 0 Å². The highest BCUT2D eigenvalue weighted by Gasteiger charge is 2.23. The van der Waals surface area contributed by atoms with Gasteiger partial charge in [0.1, 0.15) is 5.82 Å². The summed E-state index contributed by atoms with van der Waals surface area (Å²) >= 11 is 0. The Balaban J connectivity index is 1.32. The number of nitrogens with zero attached hydrogens (tertiary/aromatic N) is 5. The Morgan fingerprint density at radius 1 is 1.08 bits per heavy atom. The van der Waals surface area contributed by atoms with Crippen LogP contribution in [0.1, 0.15) is 60.9 Å². The SMILES string of the molecule is Cc1cnc(C)c(N2CCN(Cc3cc(C4CCCCC4)no3)CC2)n1. The molecule has 2 aliphatic rings. The maximum atomic E-state index is 5.64. The molecule has 1 saturated heterocycles. The molecule has 1 aliphatic carbocycles. The lowest BCUT2D eigenvalue weighted by Crippen LogP contribution is -2.46. The van der Waals surface area contributed by atoms with Gasteiger partial charge in [-0.05, 0) is 26.7 Å². The molecule has 3 heterocycles. The molecule has 1 saturated carbocycles. The van der Waals surface area contributed by atoms with Crippen LogP contribution in [0.5, 0.6) is 0 Å². The molecule has 2 fully saturated rings. The lowest BCUT2D eigenvalue weighted by atomic mass is 9.87. The summed E-state index contributed by atoms with van der Waals surface area (Å²) in [6.07, 6.45) is 8.40. The van der Waals surface area contributed by atoms with Crippen molar-refractivity contribution in [2.75, 3.05) is 31.1 Å². The molecule has 26 heavy (non-hydrogen) atoms. The zero-order chi connectivity index (χ0) is 17.9. The highest BCUT2D eigenvalue weighted by molar-refractivity contribution is 5.43. The van der Waals surface area contributed by atoms with Gasteiger partial charge < -0.3 is 9.42 Å². The van der Waals surface area contributed by atoms with Gasteiger partial charge >= 0.3 is 0 Å². The average molecular weight is 355 g/mol. The maximum Gasteiger partial charge on any atom is 0.150 e. The Labute approximate surface area is 155 Å². The summed E-state index contributed by atoms with van der Waals surface area (Å²) in [5, 5.41) is 4.36. The van der Waals surface area contributed by atoms with Crippen LogP contribution >= 0.6 is 0 Å². The van der Waals surface area contributed by atoms with Crippen molar-refractivity contribution in [3.63, 3.8) is 0 Å². The smallest absolute Gasteiger partial charge is 0.150 e. The van der Waals surface area contributed by atoms with E-state index in [0.717, 1.165) is 55.7 Å². The Bertz CT molecular complexity index is 730. The van der Waals surface area contributed by atoms with Gasteiger partial charge in [-0.25, -0.2) is 4.98 Å². The first-order valence-electron chi connectivity index (χ1n) is 9.92. The lowest BCUT2D eigenvalue weighted by Gasteiger charge is -2.35. The van der Waals surface area contributed by atoms with Crippen molar-refractivity contribution in [1.29, 1.82) is 0 Å². The van der Waals surface area contributed by atoms with Crippen LogP contribution in [0, 0.1) is 13.8 Å². The van der Waals surface area contributed by atoms with Gasteiger partial charge in [0.15, 0.2) is 5.76 Å². The molecular weight excluding hydrogens is 326 g/mol. The maximum absolute atomic E-state index is 5.64. The Morgan fingerprint density at radius 3 is 2.62 bits per heavy atom. The molecule has 0 bridgehead atoms. The summed E-state index contributed by atoms with van der Waals surface area (Å²) in [6.45, 7) is 8.86.